The highest BCUT2D eigenvalue weighted by atomic mass is 35.5. The van der Waals surface area contributed by atoms with Crippen LogP contribution in [0.3, 0.4) is 0 Å². The summed E-state index contributed by atoms with van der Waals surface area (Å²) >= 11 is 12.0. The zero-order valence-electron chi connectivity index (χ0n) is 11.0. The molecule has 0 amide bonds. The topological polar surface area (TPSA) is 48.7 Å². The van der Waals surface area contributed by atoms with E-state index in [1.54, 1.807) is 12.3 Å². The molecule has 2 aromatic rings. The van der Waals surface area contributed by atoms with Gasteiger partial charge in [-0.1, -0.05) is 29.3 Å². The molecule has 0 atom stereocenters. The van der Waals surface area contributed by atoms with Crippen molar-refractivity contribution < 1.29 is 0 Å². The van der Waals surface area contributed by atoms with Gasteiger partial charge in [0.1, 0.15) is 11.9 Å². The van der Waals surface area contributed by atoms with Crippen LogP contribution in [0.15, 0.2) is 30.5 Å². The fourth-order valence-corrected chi connectivity index (χ4v) is 2.38. The normalized spacial score (nSPS) is 10.1. The minimum absolute atomic E-state index is 0.578. The van der Waals surface area contributed by atoms with Crippen molar-refractivity contribution in [1.82, 2.24) is 4.98 Å². The molecule has 0 aliphatic rings. The molecular formula is C15H13Cl2N3. The Hall–Kier alpha value is -1.76. The third kappa shape index (κ3) is 3.41. The second-order valence-electron chi connectivity index (χ2n) is 4.38. The monoisotopic (exact) mass is 305 g/mol. The van der Waals surface area contributed by atoms with E-state index >= 15 is 0 Å². The lowest BCUT2D eigenvalue weighted by molar-refractivity contribution is 1.00. The summed E-state index contributed by atoms with van der Waals surface area (Å²) in [6, 6.07) is 9.43. The average Bonchev–Trinajstić information content (AvgIpc) is 2.41. The first-order valence-electron chi connectivity index (χ1n) is 6.15. The van der Waals surface area contributed by atoms with Crippen LogP contribution in [-0.2, 0) is 6.42 Å². The number of nitrogens with zero attached hydrogens (tertiary/aromatic N) is 2. The molecule has 3 nitrogen and oxygen atoms in total. The Morgan fingerprint density at radius 3 is 2.80 bits per heavy atom. The van der Waals surface area contributed by atoms with Gasteiger partial charge in [-0.15, -0.1) is 0 Å². The molecule has 0 spiro atoms. The van der Waals surface area contributed by atoms with Gasteiger partial charge in [-0.25, -0.2) is 4.98 Å². The number of pyridine rings is 1. The molecule has 0 radical (unpaired) electrons. The van der Waals surface area contributed by atoms with Gasteiger partial charge in [0.15, 0.2) is 0 Å². The summed E-state index contributed by atoms with van der Waals surface area (Å²) in [5.74, 6) is 0.609. The van der Waals surface area contributed by atoms with E-state index in [0.29, 0.717) is 28.0 Å². The fourth-order valence-electron chi connectivity index (χ4n) is 1.87. The maximum absolute atomic E-state index is 9.12. The summed E-state index contributed by atoms with van der Waals surface area (Å²) < 4.78 is 0. The highest BCUT2D eigenvalue weighted by Gasteiger charge is 2.06. The molecule has 1 heterocycles. The van der Waals surface area contributed by atoms with E-state index in [9.17, 15) is 0 Å². The van der Waals surface area contributed by atoms with Crippen LogP contribution in [0.2, 0.25) is 10.0 Å². The van der Waals surface area contributed by atoms with Crippen molar-refractivity contribution in [3.8, 4) is 6.07 Å². The van der Waals surface area contributed by atoms with E-state index in [-0.39, 0.29) is 0 Å². The van der Waals surface area contributed by atoms with Crippen molar-refractivity contribution >= 4 is 29.0 Å². The molecule has 0 fully saturated rings. The minimum atomic E-state index is 0.578. The Labute approximate surface area is 128 Å². The Kier molecular flexibility index (Phi) is 4.84. The van der Waals surface area contributed by atoms with Crippen LogP contribution in [0.5, 0.6) is 0 Å². The SMILES string of the molecule is Cc1ccnc(NCCc2ccc(Cl)cc2Cl)c1C#N. The highest BCUT2D eigenvalue weighted by molar-refractivity contribution is 6.35. The van der Waals surface area contributed by atoms with Gasteiger partial charge in [-0.05, 0) is 42.7 Å². The van der Waals surface area contributed by atoms with E-state index in [2.05, 4.69) is 16.4 Å². The number of hydrogen-bond acceptors (Lipinski definition) is 3. The van der Waals surface area contributed by atoms with Gasteiger partial charge in [0.25, 0.3) is 0 Å². The molecule has 0 bridgehead atoms. The number of rotatable bonds is 4. The van der Waals surface area contributed by atoms with Crippen molar-refractivity contribution in [1.29, 1.82) is 5.26 Å². The third-order valence-electron chi connectivity index (χ3n) is 2.97. The maximum atomic E-state index is 9.12. The number of halogens is 2. The molecule has 0 aliphatic heterocycles. The predicted octanol–water partition coefficient (Wildman–Crippen LogP) is 4.22. The Bertz CT molecular complexity index is 663. The molecule has 1 aromatic heterocycles. The Morgan fingerprint density at radius 1 is 1.30 bits per heavy atom. The van der Waals surface area contributed by atoms with E-state index in [4.69, 9.17) is 28.5 Å². The number of aromatic nitrogens is 1. The van der Waals surface area contributed by atoms with Crippen LogP contribution in [0.25, 0.3) is 0 Å². The van der Waals surface area contributed by atoms with Crippen molar-refractivity contribution in [2.45, 2.75) is 13.3 Å². The number of nitrogens with one attached hydrogen (secondary N) is 1. The van der Waals surface area contributed by atoms with Crippen LogP contribution in [0, 0.1) is 18.3 Å². The zero-order valence-corrected chi connectivity index (χ0v) is 12.5. The van der Waals surface area contributed by atoms with Crippen molar-refractivity contribution in [3.63, 3.8) is 0 Å². The average molecular weight is 306 g/mol. The first kappa shape index (κ1) is 14.6. The first-order valence-corrected chi connectivity index (χ1v) is 6.91. The lowest BCUT2D eigenvalue weighted by Crippen LogP contribution is -2.08. The molecule has 1 aromatic carbocycles. The van der Waals surface area contributed by atoms with Gasteiger partial charge in [0.05, 0.1) is 5.56 Å². The van der Waals surface area contributed by atoms with Gasteiger partial charge in [0, 0.05) is 22.8 Å². The lowest BCUT2D eigenvalue weighted by atomic mass is 10.1. The largest absolute Gasteiger partial charge is 0.369 e. The smallest absolute Gasteiger partial charge is 0.144 e. The third-order valence-corrected chi connectivity index (χ3v) is 3.56. The second kappa shape index (κ2) is 6.60. The summed E-state index contributed by atoms with van der Waals surface area (Å²) in [4.78, 5) is 4.19. The molecule has 0 aliphatic carbocycles. The molecule has 1 N–H and O–H groups in total. The first-order chi connectivity index (χ1) is 9.61. The van der Waals surface area contributed by atoms with Gasteiger partial charge < -0.3 is 5.32 Å². The molecule has 5 heteroatoms. The quantitative estimate of drug-likeness (QED) is 0.920. The van der Waals surface area contributed by atoms with Crippen molar-refractivity contribution in [2.75, 3.05) is 11.9 Å². The second-order valence-corrected chi connectivity index (χ2v) is 5.22. The number of anilines is 1. The Balaban J connectivity index is 2.03. The van der Waals surface area contributed by atoms with Crippen LogP contribution in [0.4, 0.5) is 5.82 Å². The summed E-state index contributed by atoms with van der Waals surface area (Å²) in [5.41, 5.74) is 2.50. The van der Waals surface area contributed by atoms with Gasteiger partial charge in [-0.3, -0.25) is 0 Å². The van der Waals surface area contributed by atoms with Gasteiger partial charge >= 0.3 is 0 Å². The molecule has 0 saturated heterocycles. The maximum Gasteiger partial charge on any atom is 0.144 e. The number of aryl methyl sites for hydroxylation is 1. The number of nitriles is 1. The molecular weight excluding hydrogens is 293 g/mol. The van der Waals surface area contributed by atoms with E-state index in [0.717, 1.165) is 17.5 Å². The van der Waals surface area contributed by atoms with Gasteiger partial charge in [-0.2, -0.15) is 5.26 Å². The molecule has 102 valence electrons. The Morgan fingerprint density at radius 2 is 2.10 bits per heavy atom. The highest BCUT2D eigenvalue weighted by Crippen LogP contribution is 2.21. The van der Waals surface area contributed by atoms with E-state index in [1.807, 2.05) is 25.1 Å². The molecule has 20 heavy (non-hydrogen) atoms. The van der Waals surface area contributed by atoms with Crippen LogP contribution < -0.4 is 5.32 Å². The van der Waals surface area contributed by atoms with Crippen LogP contribution in [0.1, 0.15) is 16.7 Å². The standard InChI is InChI=1S/C15H13Cl2N3/c1-10-4-6-19-15(13(10)9-18)20-7-5-11-2-3-12(16)8-14(11)17/h2-4,6,8H,5,7H2,1H3,(H,19,20). The molecule has 2 rings (SSSR count). The van der Waals surface area contributed by atoms with E-state index < -0.39 is 0 Å². The summed E-state index contributed by atoms with van der Waals surface area (Å²) in [6.07, 6.45) is 2.42. The number of hydrogen-bond donors (Lipinski definition) is 1. The van der Waals surface area contributed by atoms with Gasteiger partial charge in [0.2, 0.25) is 0 Å². The van der Waals surface area contributed by atoms with Crippen molar-refractivity contribution in [3.05, 3.63) is 57.2 Å². The lowest BCUT2D eigenvalue weighted by Gasteiger charge is -2.09. The number of benzene rings is 1. The minimum Gasteiger partial charge on any atom is -0.369 e. The predicted molar refractivity (Wildman–Crippen MR) is 82.3 cm³/mol. The molecule has 0 unspecified atom stereocenters. The molecule has 0 saturated carbocycles. The zero-order chi connectivity index (χ0) is 14.5. The summed E-state index contributed by atoms with van der Waals surface area (Å²) in [6.45, 7) is 2.54. The van der Waals surface area contributed by atoms with Crippen LogP contribution in [-0.4, -0.2) is 11.5 Å². The van der Waals surface area contributed by atoms with Crippen LogP contribution >= 0.6 is 23.2 Å². The summed E-state index contributed by atoms with van der Waals surface area (Å²) in [5, 5.41) is 13.6. The van der Waals surface area contributed by atoms with E-state index in [1.165, 1.54) is 0 Å². The van der Waals surface area contributed by atoms with Crippen molar-refractivity contribution in [2.24, 2.45) is 0 Å². The summed E-state index contributed by atoms with van der Waals surface area (Å²) in [7, 11) is 0. The fraction of sp³-hybridized carbons (Fsp3) is 0.200.